The zero-order valence-electron chi connectivity index (χ0n) is 17.1. The number of nitrogens with one attached hydrogen (secondary N) is 1. The second kappa shape index (κ2) is 8.77. The summed E-state index contributed by atoms with van der Waals surface area (Å²) in [6, 6.07) is 10.8. The highest BCUT2D eigenvalue weighted by Crippen LogP contribution is 2.24. The van der Waals surface area contributed by atoms with Gasteiger partial charge >= 0.3 is 0 Å². The molecule has 3 rings (SSSR count). The van der Waals surface area contributed by atoms with E-state index in [1.54, 1.807) is 43.9 Å². The summed E-state index contributed by atoms with van der Waals surface area (Å²) in [5.74, 6) is 1.26. The van der Waals surface area contributed by atoms with E-state index in [1.165, 1.54) is 0 Å². The van der Waals surface area contributed by atoms with Gasteiger partial charge in [0.25, 0.3) is 11.5 Å². The van der Waals surface area contributed by atoms with Gasteiger partial charge in [-0.05, 0) is 50.1 Å². The Hall–Kier alpha value is -3.35. The number of nitrogens with zero attached hydrogens (tertiary/aromatic N) is 2. The smallest absolute Gasteiger partial charge is 0.272 e. The van der Waals surface area contributed by atoms with Gasteiger partial charge in [0, 0.05) is 24.7 Å². The number of ether oxygens (including phenoxy) is 2. The van der Waals surface area contributed by atoms with Crippen molar-refractivity contribution >= 4 is 16.9 Å². The van der Waals surface area contributed by atoms with E-state index >= 15 is 0 Å². The van der Waals surface area contributed by atoms with Crippen molar-refractivity contribution in [1.82, 2.24) is 14.9 Å². The Kier molecular flexibility index (Phi) is 6.16. The predicted molar refractivity (Wildman–Crippen MR) is 112 cm³/mol. The van der Waals surface area contributed by atoms with Gasteiger partial charge in [-0.25, -0.2) is 4.98 Å². The van der Waals surface area contributed by atoms with Crippen LogP contribution < -0.4 is 20.3 Å². The fourth-order valence-corrected chi connectivity index (χ4v) is 3.30. The summed E-state index contributed by atoms with van der Waals surface area (Å²) in [5.41, 5.74) is 3.16. The van der Waals surface area contributed by atoms with Crippen LogP contribution in [0.15, 0.2) is 41.2 Å². The maximum atomic E-state index is 12.6. The number of benzene rings is 2. The molecule has 2 aromatic carbocycles. The first-order valence-electron chi connectivity index (χ1n) is 9.48. The highest BCUT2D eigenvalue weighted by Gasteiger charge is 2.12. The van der Waals surface area contributed by atoms with E-state index in [4.69, 9.17) is 9.47 Å². The van der Waals surface area contributed by atoms with Crippen molar-refractivity contribution in [2.75, 3.05) is 20.8 Å². The maximum absolute atomic E-state index is 12.6. The molecule has 7 nitrogen and oxygen atoms in total. The fraction of sp³-hybridized carbons (Fsp3) is 0.318. The van der Waals surface area contributed by atoms with Gasteiger partial charge in [0.1, 0.15) is 17.2 Å². The lowest BCUT2D eigenvalue weighted by atomic mass is 10.1. The van der Waals surface area contributed by atoms with Gasteiger partial charge in [0.2, 0.25) is 0 Å². The summed E-state index contributed by atoms with van der Waals surface area (Å²) in [4.78, 5) is 29.1. The molecule has 0 atom stereocenters. The number of amides is 1. The van der Waals surface area contributed by atoms with E-state index in [9.17, 15) is 9.59 Å². The molecule has 0 radical (unpaired) electrons. The second-order valence-electron chi connectivity index (χ2n) is 6.63. The Labute approximate surface area is 169 Å². The van der Waals surface area contributed by atoms with Crippen molar-refractivity contribution in [2.45, 2.75) is 26.8 Å². The van der Waals surface area contributed by atoms with Crippen molar-refractivity contribution in [1.29, 1.82) is 0 Å². The van der Waals surface area contributed by atoms with Crippen LogP contribution in [0.2, 0.25) is 0 Å². The van der Waals surface area contributed by atoms with Crippen LogP contribution in [0.4, 0.5) is 0 Å². The third kappa shape index (κ3) is 4.23. The molecule has 0 saturated carbocycles. The lowest BCUT2D eigenvalue weighted by Crippen LogP contribution is -2.26. The molecule has 0 aliphatic carbocycles. The Morgan fingerprint density at radius 1 is 1.14 bits per heavy atom. The summed E-state index contributed by atoms with van der Waals surface area (Å²) in [5, 5.41) is 2.92. The number of hydrogen-bond acceptors (Lipinski definition) is 5. The number of rotatable bonds is 7. The second-order valence-corrected chi connectivity index (χ2v) is 6.63. The summed E-state index contributed by atoms with van der Waals surface area (Å²) < 4.78 is 12.3. The highest BCUT2D eigenvalue weighted by atomic mass is 16.5. The number of aromatic nitrogens is 2. The molecular weight excluding hydrogens is 370 g/mol. The van der Waals surface area contributed by atoms with Gasteiger partial charge in [-0.15, -0.1) is 0 Å². The largest absolute Gasteiger partial charge is 0.497 e. The number of carbonyl (C=O) groups excluding carboxylic acids is 1. The Bertz CT molecular complexity index is 1110. The number of hydrogen-bond donors (Lipinski definition) is 1. The summed E-state index contributed by atoms with van der Waals surface area (Å²) in [7, 11) is 3.21. The molecule has 0 fully saturated rings. The fourth-order valence-electron chi connectivity index (χ4n) is 3.30. The van der Waals surface area contributed by atoms with E-state index in [0.717, 1.165) is 22.6 Å². The normalized spacial score (nSPS) is 10.8. The number of methoxy groups -OCH3 is 2. The van der Waals surface area contributed by atoms with E-state index < -0.39 is 0 Å². The van der Waals surface area contributed by atoms with Crippen molar-refractivity contribution < 1.29 is 14.3 Å². The summed E-state index contributed by atoms with van der Waals surface area (Å²) in [6.07, 6.45) is 0.624. The minimum Gasteiger partial charge on any atom is -0.497 e. The van der Waals surface area contributed by atoms with Crippen LogP contribution in [0.5, 0.6) is 11.5 Å². The van der Waals surface area contributed by atoms with E-state index in [1.807, 2.05) is 25.1 Å². The number of carbonyl (C=O) groups is 1. The summed E-state index contributed by atoms with van der Waals surface area (Å²) in [6.45, 7) is 4.60. The monoisotopic (exact) mass is 395 g/mol. The van der Waals surface area contributed by atoms with Crippen molar-refractivity contribution in [3.05, 3.63) is 63.6 Å². The van der Waals surface area contributed by atoms with Gasteiger partial charge < -0.3 is 19.4 Å². The Morgan fingerprint density at radius 2 is 1.93 bits per heavy atom. The van der Waals surface area contributed by atoms with Gasteiger partial charge in [-0.2, -0.15) is 0 Å². The highest BCUT2D eigenvalue weighted by molar-refractivity contribution is 5.97. The third-order valence-electron chi connectivity index (χ3n) is 4.86. The molecule has 1 aromatic heterocycles. The van der Waals surface area contributed by atoms with Crippen LogP contribution in [-0.2, 0) is 13.0 Å². The molecule has 0 spiro atoms. The molecule has 1 heterocycles. The third-order valence-corrected chi connectivity index (χ3v) is 4.86. The molecule has 0 aliphatic heterocycles. The standard InChI is InChI=1S/C22H25N3O4/c1-5-25-19-9-7-16(12-18(19)24-14(2)22(25)27)21(26)23-11-10-15-6-8-17(28-3)13-20(15)29-4/h6-9,12-13H,5,10-11H2,1-4H3,(H,23,26). The molecule has 0 saturated heterocycles. The molecule has 0 bridgehead atoms. The topological polar surface area (TPSA) is 82.5 Å². The zero-order valence-corrected chi connectivity index (χ0v) is 17.1. The molecule has 3 aromatic rings. The van der Waals surface area contributed by atoms with Crippen LogP contribution in [0.3, 0.4) is 0 Å². The minimum absolute atomic E-state index is 0.106. The molecule has 7 heteroatoms. The minimum atomic E-state index is -0.187. The predicted octanol–water partition coefficient (Wildman–Crippen LogP) is 2.71. The molecule has 0 aliphatic rings. The molecule has 0 unspecified atom stereocenters. The van der Waals surface area contributed by atoms with Gasteiger partial charge in [-0.3, -0.25) is 9.59 Å². The first kappa shape index (κ1) is 20.4. The van der Waals surface area contributed by atoms with E-state index in [2.05, 4.69) is 10.3 Å². The molecule has 1 N–H and O–H groups in total. The zero-order chi connectivity index (χ0) is 21.0. The van der Waals surface area contributed by atoms with Crippen LogP contribution in [0, 0.1) is 6.92 Å². The average molecular weight is 395 g/mol. The molecule has 152 valence electrons. The van der Waals surface area contributed by atoms with Crippen molar-refractivity contribution in [3.8, 4) is 11.5 Å². The lowest BCUT2D eigenvalue weighted by Gasteiger charge is -2.12. The van der Waals surface area contributed by atoms with Crippen LogP contribution in [0.25, 0.3) is 11.0 Å². The molecular formula is C22H25N3O4. The number of fused-ring (bicyclic) bond motifs is 1. The quantitative estimate of drug-likeness (QED) is 0.665. The van der Waals surface area contributed by atoms with Crippen molar-refractivity contribution in [3.63, 3.8) is 0 Å². The first-order valence-corrected chi connectivity index (χ1v) is 9.48. The molecule has 29 heavy (non-hydrogen) atoms. The first-order chi connectivity index (χ1) is 14.0. The lowest BCUT2D eigenvalue weighted by molar-refractivity contribution is 0.0954. The SMILES string of the molecule is CCn1c(=O)c(C)nc2cc(C(=O)NCCc3ccc(OC)cc3OC)ccc21. The van der Waals surface area contributed by atoms with Gasteiger partial charge in [0.15, 0.2) is 0 Å². The average Bonchev–Trinajstić information content (AvgIpc) is 2.74. The summed E-state index contributed by atoms with van der Waals surface area (Å²) >= 11 is 0. The maximum Gasteiger partial charge on any atom is 0.272 e. The number of aryl methyl sites for hydroxylation is 2. The van der Waals surface area contributed by atoms with Crippen molar-refractivity contribution in [2.24, 2.45) is 0 Å². The Balaban J connectivity index is 1.74. The van der Waals surface area contributed by atoms with Crippen LogP contribution >= 0.6 is 0 Å². The van der Waals surface area contributed by atoms with Gasteiger partial charge in [0.05, 0.1) is 25.3 Å². The van der Waals surface area contributed by atoms with E-state index in [-0.39, 0.29) is 11.5 Å². The van der Waals surface area contributed by atoms with Gasteiger partial charge in [-0.1, -0.05) is 6.07 Å². The molecule has 1 amide bonds. The van der Waals surface area contributed by atoms with Crippen LogP contribution in [-0.4, -0.2) is 36.2 Å². The van der Waals surface area contributed by atoms with Crippen LogP contribution in [0.1, 0.15) is 28.5 Å². The Morgan fingerprint density at radius 3 is 2.62 bits per heavy atom. The van der Waals surface area contributed by atoms with E-state index in [0.29, 0.717) is 36.3 Å².